The Bertz CT molecular complexity index is 744. The lowest BCUT2D eigenvalue weighted by Gasteiger charge is -2.15. The molecule has 2 aromatic rings. The van der Waals surface area contributed by atoms with Gasteiger partial charge in [-0.2, -0.15) is 0 Å². The van der Waals surface area contributed by atoms with Crippen LogP contribution in [0.15, 0.2) is 40.7 Å². The topological polar surface area (TPSA) is 56.7 Å². The van der Waals surface area contributed by atoms with Crippen LogP contribution in [0.25, 0.3) is 0 Å². The van der Waals surface area contributed by atoms with E-state index in [0.717, 1.165) is 13.0 Å². The number of amides is 1. The van der Waals surface area contributed by atoms with E-state index >= 15 is 0 Å². The standard InChI is InChI=1S/C20H28N4OS.HI/c1-15-7-8-17(16(2)12-15)13-22-20(23-14-19(25)24(3)4)21-10-9-18-6-5-11-26-18;/h5-8,11-12H,9-10,13-14H2,1-4H3,(H2,21,22,23);1H. The molecule has 0 radical (unpaired) electrons. The maximum atomic E-state index is 11.9. The molecule has 0 saturated heterocycles. The molecule has 27 heavy (non-hydrogen) atoms. The van der Waals surface area contributed by atoms with Gasteiger partial charge in [-0.3, -0.25) is 4.79 Å². The molecule has 0 aliphatic rings. The van der Waals surface area contributed by atoms with Crippen molar-refractivity contribution in [3.8, 4) is 0 Å². The SMILES string of the molecule is Cc1ccc(CN=C(NCCc2cccs2)NCC(=O)N(C)C)c(C)c1.I. The fourth-order valence-electron chi connectivity index (χ4n) is 2.44. The third-order valence-corrected chi connectivity index (χ3v) is 4.99. The number of nitrogens with zero attached hydrogens (tertiary/aromatic N) is 2. The van der Waals surface area contributed by atoms with Crippen molar-refractivity contribution in [3.05, 3.63) is 57.3 Å². The molecule has 0 spiro atoms. The van der Waals surface area contributed by atoms with Crippen molar-refractivity contribution >= 4 is 47.2 Å². The Balaban J connectivity index is 0.00000364. The van der Waals surface area contributed by atoms with Gasteiger partial charge in [-0.1, -0.05) is 29.8 Å². The highest BCUT2D eigenvalue weighted by Gasteiger charge is 2.06. The van der Waals surface area contributed by atoms with Crippen LogP contribution in [0.5, 0.6) is 0 Å². The maximum absolute atomic E-state index is 11.9. The van der Waals surface area contributed by atoms with Crippen molar-refractivity contribution in [1.82, 2.24) is 15.5 Å². The fourth-order valence-corrected chi connectivity index (χ4v) is 3.15. The monoisotopic (exact) mass is 500 g/mol. The molecule has 0 atom stereocenters. The van der Waals surface area contributed by atoms with Gasteiger partial charge < -0.3 is 15.5 Å². The number of aliphatic imine (C=N–C) groups is 1. The fraction of sp³-hybridized carbons (Fsp3) is 0.400. The van der Waals surface area contributed by atoms with Crippen molar-refractivity contribution in [2.24, 2.45) is 4.99 Å². The molecule has 0 unspecified atom stereocenters. The summed E-state index contributed by atoms with van der Waals surface area (Å²) in [6.07, 6.45) is 0.934. The summed E-state index contributed by atoms with van der Waals surface area (Å²) in [5, 5.41) is 8.54. The lowest BCUT2D eigenvalue weighted by Crippen LogP contribution is -2.43. The molecule has 1 aromatic carbocycles. The predicted molar refractivity (Wildman–Crippen MR) is 125 cm³/mol. The minimum Gasteiger partial charge on any atom is -0.356 e. The molecule has 1 heterocycles. The third-order valence-electron chi connectivity index (χ3n) is 4.06. The highest BCUT2D eigenvalue weighted by Crippen LogP contribution is 2.11. The quantitative estimate of drug-likeness (QED) is 0.349. The number of aryl methyl sites for hydroxylation is 2. The van der Waals surface area contributed by atoms with Gasteiger partial charge in [0.05, 0.1) is 13.1 Å². The number of thiophene rings is 1. The Labute approximate surface area is 183 Å². The predicted octanol–water partition coefficient (Wildman–Crippen LogP) is 3.35. The lowest BCUT2D eigenvalue weighted by molar-refractivity contribution is -0.127. The number of benzene rings is 1. The first-order chi connectivity index (χ1) is 12.5. The Morgan fingerprint density at radius 1 is 1.19 bits per heavy atom. The van der Waals surface area contributed by atoms with Crippen LogP contribution in [0.2, 0.25) is 0 Å². The zero-order valence-corrected chi connectivity index (χ0v) is 19.6. The van der Waals surface area contributed by atoms with Crippen molar-refractivity contribution in [2.45, 2.75) is 26.8 Å². The molecule has 2 N–H and O–H groups in total. The van der Waals surface area contributed by atoms with Gasteiger partial charge in [-0.25, -0.2) is 4.99 Å². The van der Waals surface area contributed by atoms with Crippen LogP contribution in [0.1, 0.15) is 21.6 Å². The maximum Gasteiger partial charge on any atom is 0.241 e. The van der Waals surface area contributed by atoms with Crippen LogP contribution in [0.4, 0.5) is 0 Å². The lowest BCUT2D eigenvalue weighted by atomic mass is 10.1. The third kappa shape index (κ3) is 8.30. The van der Waals surface area contributed by atoms with Gasteiger partial charge in [0.15, 0.2) is 5.96 Å². The number of hydrogen-bond donors (Lipinski definition) is 2. The zero-order chi connectivity index (χ0) is 18.9. The van der Waals surface area contributed by atoms with Crippen LogP contribution in [-0.2, 0) is 17.8 Å². The van der Waals surface area contributed by atoms with Crippen molar-refractivity contribution in [2.75, 3.05) is 27.2 Å². The summed E-state index contributed by atoms with van der Waals surface area (Å²) >= 11 is 1.75. The summed E-state index contributed by atoms with van der Waals surface area (Å²) in [7, 11) is 3.50. The number of halogens is 1. The minimum absolute atomic E-state index is 0. The van der Waals surface area contributed by atoms with Gasteiger partial charge in [0, 0.05) is 25.5 Å². The number of guanidine groups is 1. The molecule has 1 amide bonds. The Hall–Kier alpha value is -1.61. The molecule has 0 aliphatic heterocycles. The number of rotatable bonds is 7. The zero-order valence-electron chi connectivity index (χ0n) is 16.4. The average molecular weight is 500 g/mol. The van der Waals surface area contributed by atoms with Gasteiger partial charge >= 0.3 is 0 Å². The second kappa shape index (κ2) is 12.0. The molecule has 7 heteroatoms. The minimum atomic E-state index is 0. The van der Waals surface area contributed by atoms with Gasteiger partial charge in [-0.15, -0.1) is 35.3 Å². The number of hydrogen-bond acceptors (Lipinski definition) is 3. The summed E-state index contributed by atoms with van der Waals surface area (Å²) < 4.78 is 0. The van der Waals surface area contributed by atoms with E-state index in [1.807, 2.05) is 0 Å². The molecule has 148 valence electrons. The van der Waals surface area contributed by atoms with Gasteiger partial charge in [0.1, 0.15) is 0 Å². The molecule has 2 rings (SSSR count). The van der Waals surface area contributed by atoms with Gasteiger partial charge in [-0.05, 0) is 42.8 Å². The van der Waals surface area contributed by atoms with E-state index in [2.05, 4.69) is 65.2 Å². The summed E-state index contributed by atoms with van der Waals surface area (Å²) in [6, 6.07) is 10.6. The number of likely N-dealkylation sites (N-methyl/N-ethyl adjacent to an activating group) is 1. The summed E-state index contributed by atoms with van der Waals surface area (Å²) in [5.74, 6) is 0.681. The molecular weight excluding hydrogens is 471 g/mol. The number of carbonyl (C=O) groups excluding carboxylic acids is 1. The summed E-state index contributed by atoms with van der Waals surface area (Å²) in [6.45, 7) is 5.77. The van der Waals surface area contributed by atoms with Crippen LogP contribution in [0, 0.1) is 13.8 Å². The Kier molecular flexibility index (Phi) is 10.4. The summed E-state index contributed by atoms with van der Waals surface area (Å²) in [5.41, 5.74) is 3.67. The second-order valence-corrected chi connectivity index (χ2v) is 7.52. The Morgan fingerprint density at radius 3 is 2.59 bits per heavy atom. The number of nitrogens with one attached hydrogen (secondary N) is 2. The van der Waals surface area contributed by atoms with E-state index in [9.17, 15) is 4.79 Å². The molecular formula is C20H29IN4OS. The van der Waals surface area contributed by atoms with E-state index < -0.39 is 0 Å². The van der Waals surface area contributed by atoms with Crippen molar-refractivity contribution in [3.63, 3.8) is 0 Å². The molecule has 0 aliphatic carbocycles. The van der Waals surface area contributed by atoms with Crippen LogP contribution in [-0.4, -0.2) is 44.0 Å². The van der Waals surface area contributed by atoms with E-state index in [1.165, 1.54) is 21.6 Å². The Morgan fingerprint density at radius 2 is 1.96 bits per heavy atom. The van der Waals surface area contributed by atoms with Crippen LogP contribution in [0.3, 0.4) is 0 Å². The molecule has 0 fully saturated rings. The average Bonchev–Trinajstić information content (AvgIpc) is 3.11. The van der Waals surface area contributed by atoms with Gasteiger partial charge in [0.25, 0.3) is 0 Å². The first-order valence-corrected chi connectivity index (χ1v) is 9.64. The van der Waals surface area contributed by atoms with Crippen LogP contribution >= 0.6 is 35.3 Å². The van der Waals surface area contributed by atoms with Gasteiger partial charge in [0.2, 0.25) is 5.91 Å². The highest BCUT2D eigenvalue weighted by molar-refractivity contribution is 14.0. The molecule has 0 saturated carbocycles. The first kappa shape index (κ1) is 23.4. The molecule has 5 nitrogen and oxygen atoms in total. The van der Waals surface area contributed by atoms with E-state index in [4.69, 9.17) is 0 Å². The highest BCUT2D eigenvalue weighted by atomic mass is 127. The van der Waals surface area contributed by atoms with Crippen molar-refractivity contribution < 1.29 is 4.79 Å². The van der Waals surface area contributed by atoms with Crippen LogP contribution < -0.4 is 10.6 Å². The normalized spacial score (nSPS) is 10.9. The smallest absolute Gasteiger partial charge is 0.241 e. The number of carbonyl (C=O) groups is 1. The molecule has 0 bridgehead atoms. The summed E-state index contributed by atoms with van der Waals surface area (Å²) in [4.78, 5) is 19.4. The van der Waals surface area contributed by atoms with E-state index in [0.29, 0.717) is 12.5 Å². The molecule has 1 aromatic heterocycles. The second-order valence-electron chi connectivity index (χ2n) is 6.49. The van der Waals surface area contributed by atoms with E-state index in [-0.39, 0.29) is 36.4 Å². The first-order valence-electron chi connectivity index (χ1n) is 8.76. The van der Waals surface area contributed by atoms with Crippen molar-refractivity contribution in [1.29, 1.82) is 0 Å². The van der Waals surface area contributed by atoms with E-state index in [1.54, 1.807) is 30.3 Å². The largest absolute Gasteiger partial charge is 0.356 e.